The van der Waals surface area contributed by atoms with Crippen LogP contribution < -0.4 is 15.4 Å². The van der Waals surface area contributed by atoms with Crippen LogP contribution in [0.1, 0.15) is 57.3 Å². The van der Waals surface area contributed by atoms with Crippen LogP contribution in [-0.2, 0) is 17.6 Å². The van der Waals surface area contributed by atoms with E-state index in [9.17, 15) is 9.59 Å². The normalized spacial score (nSPS) is 12.6. The van der Waals surface area contributed by atoms with Gasteiger partial charge < -0.3 is 14.8 Å². The van der Waals surface area contributed by atoms with Crippen LogP contribution in [0.15, 0.2) is 24.3 Å². The topological polar surface area (TPSA) is 76.7 Å². The lowest BCUT2D eigenvalue weighted by molar-refractivity contribution is 0.0601. The van der Waals surface area contributed by atoms with Gasteiger partial charge in [-0.15, -0.1) is 11.3 Å². The monoisotopic (exact) mass is 432 g/mol. The van der Waals surface area contributed by atoms with Gasteiger partial charge in [0.2, 0.25) is 0 Å². The van der Waals surface area contributed by atoms with Crippen molar-refractivity contribution in [3.8, 4) is 5.75 Å². The Morgan fingerprint density at radius 3 is 2.79 bits per heavy atom. The van der Waals surface area contributed by atoms with Gasteiger partial charge in [-0.1, -0.05) is 13.0 Å². The Hall–Kier alpha value is -2.45. The first-order valence-corrected chi connectivity index (χ1v) is 10.8. The van der Waals surface area contributed by atoms with Crippen molar-refractivity contribution in [1.29, 1.82) is 0 Å². The molecule has 0 radical (unpaired) electrons. The van der Waals surface area contributed by atoms with Crippen molar-refractivity contribution in [2.45, 2.75) is 39.0 Å². The molecule has 1 aliphatic carbocycles. The summed E-state index contributed by atoms with van der Waals surface area (Å²) in [5.41, 5.74) is 2.01. The number of hydrogen-bond acceptors (Lipinski definition) is 6. The molecule has 8 heteroatoms. The van der Waals surface area contributed by atoms with Crippen LogP contribution in [0.25, 0.3) is 0 Å². The van der Waals surface area contributed by atoms with Gasteiger partial charge in [-0.3, -0.25) is 10.1 Å². The zero-order chi connectivity index (χ0) is 20.8. The van der Waals surface area contributed by atoms with E-state index in [2.05, 4.69) is 10.6 Å². The molecule has 154 valence electrons. The molecule has 3 rings (SSSR count). The maximum Gasteiger partial charge on any atom is 0.341 e. The number of methoxy groups -OCH3 is 1. The molecule has 0 fully saturated rings. The predicted octanol–water partition coefficient (Wildman–Crippen LogP) is 4.33. The third kappa shape index (κ3) is 5.13. The van der Waals surface area contributed by atoms with Crippen LogP contribution in [0.3, 0.4) is 0 Å². The maximum atomic E-state index is 12.6. The Balaban J connectivity index is 1.72. The summed E-state index contributed by atoms with van der Waals surface area (Å²) in [5.74, 6) is -0.0931. The second kappa shape index (κ2) is 9.84. The smallest absolute Gasteiger partial charge is 0.341 e. The number of hydrogen-bond donors (Lipinski definition) is 2. The predicted molar refractivity (Wildman–Crippen MR) is 118 cm³/mol. The van der Waals surface area contributed by atoms with Crippen molar-refractivity contribution < 1.29 is 19.1 Å². The molecule has 2 aromatic rings. The first-order chi connectivity index (χ1) is 14.0. The van der Waals surface area contributed by atoms with Gasteiger partial charge in [-0.2, -0.15) is 0 Å². The molecule has 1 amide bonds. The third-order valence-corrected chi connectivity index (χ3v) is 6.00. The highest BCUT2D eigenvalue weighted by Gasteiger charge is 2.26. The fourth-order valence-electron chi connectivity index (χ4n) is 3.23. The number of aryl methyl sites for hydroxylation is 1. The number of esters is 1. The molecule has 0 bridgehead atoms. The van der Waals surface area contributed by atoms with Gasteiger partial charge in [-0.05, 0) is 68.1 Å². The number of ether oxygens (including phenoxy) is 2. The summed E-state index contributed by atoms with van der Waals surface area (Å²) in [5, 5.41) is 6.45. The van der Waals surface area contributed by atoms with E-state index in [-0.39, 0.29) is 17.0 Å². The molecule has 0 aliphatic heterocycles. The Morgan fingerprint density at radius 1 is 1.24 bits per heavy atom. The molecule has 1 aliphatic rings. The zero-order valence-corrected chi connectivity index (χ0v) is 18.1. The number of thiocarbonyl (C=S) groups is 1. The van der Waals surface area contributed by atoms with E-state index < -0.39 is 0 Å². The first-order valence-electron chi connectivity index (χ1n) is 9.61. The van der Waals surface area contributed by atoms with Crippen molar-refractivity contribution in [2.75, 3.05) is 19.0 Å². The Morgan fingerprint density at radius 2 is 2.03 bits per heavy atom. The molecule has 0 unspecified atom stereocenters. The average molecular weight is 433 g/mol. The number of anilines is 1. The minimum absolute atomic E-state index is 0.138. The molecular formula is C21H24N2O4S2. The van der Waals surface area contributed by atoms with E-state index in [1.165, 1.54) is 23.3 Å². The lowest BCUT2D eigenvalue weighted by atomic mass is 9.95. The van der Waals surface area contributed by atoms with Crippen LogP contribution >= 0.6 is 23.6 Å². The van der Waals surface area contributed by atoms with Crippen LogP contribution in [0, 0.1) is 0 Å². The zero-order valence-electron chi connectivity index (χ0n) is 16.5. The van der Waals surface area contributed by atoms with Crippen LogP contribution in [0.2, 0.25) is 0 Å². The number of rotatable bonds is 6. The molecule has 0 saturated heterocycles. The van der Waals surface area contributed by atoms with Gasteiger partial charge in [0, 0.05) is 10.4 Å². The summed E-state index contributed by atoms with van der Waals surface area (Å²) >= 11 is 6.82. The van der Waals surface area contributed by atoms with Crippen molar-refractivity contribution in [3.05, 3.63) is 45.8 Å². The third-order valence-electron chi connectivity index (χ3n) is 4.58. The summed E-state index contributed by atoms with van der Waals surface area (Å²) in [7, 11) is 1.37. The molecule has 2 N–H and O–H groups in total. The SMILES string of the molecule is CCCOc1cccc(C(=O)NC(=S)Nc2sc3c(c2C(=O)OC)CCCC3)c1. The minimum atomic E-state index is -0.387. The van der Waals surface area contributed by atoms with Gasteiger partial charge in [0.1, 0.15) is 10.8 Å². The molecule has 0 atom stereocenters. The molecule has 1 aromatic heterocycles. The summed E-state index contributed by atoms with van der Waals surface area (Å²) < 4.78 is 10.5. The average Bonchev–Trinajstić information content (AvgIpc) is 3.09. The Labute approximate surface area is 179 Å². The number of carbonyl (C=O) groups excluding carboxylic acids is 2. The molecule has 1 heterocycles. The van der Waals surface area contributed by atoms with Gasteiger partial charge in [0.15, 0.2) is 5.11 Å². The number of benzene rings is 1. The van der Waals surface area contributed by atoms with Crippen LogP contribution in [0.4, 0.5) is 5.00 Å². The summed E-state index contributed by atoms with van der Waals surface area (Å²) in [6, 6.07) is 6.94. The Kier molecular flexibility index (Phi) is 7.22. The van der Waals surface area contributed by atoms with E-state index >= 15 is 0 Å². The number of carbonyl (C=O) groups is 2. The first kappa shape index (κ1) is 21.3. The lowest BCUT2D eigenvalue weighted by Crippen LogP contribution is -2.34. The summed E-state index contributed by atoms with van der Waals surface area (Å²) in [6.45, 7) is 2.61. The molecule has 29 heavy (non-hydrogen) atoms. The van der Waals surface area contributed by atoms with E-state index in [1.807, 2.05) is 13.0 Å². The summed E-state index contributed by atoms with van der Waals surface area (Å²) in [6.07, 6.45) is 4.82. The fraction of sp³-hybridized carbons (Fsp3) is 0.381. The Bertz CT molecular complexity index is 923. The van der Waals surface area contributed by atoms with Gasteiger partial charge in [0.25, 0.3) is 5.91 Å². The molecular weight excluding hydrogens is 408 g/mol. The van der Waals surface area contributed by atoms with Gasteiger partial charge >= 0.3 is 5.97 Å². The fourth-order valence-corrected chi connectivity index (χ4v) is 4.77. The molecule has 6 nitrogen and oxygen atoms in total. The van der Waals surface area contributed by atoms with Crippen molar-refractivity contribution in [3.63, 3.8) is 0 Å². The highest BCUT2D eigenvalue weighted by Crippen LogP contribution is 2.38. The van der Waals surface area contributed by atoms with Gasteiger partial charge in [0.05, 0.1) is 19.3 Å². The highest BCUT2D eigenvalue weighted by atomic mass is 32.1. The van der Waals surface area contributed by atoms with Crippen LogP contribution in [0.5, 0.6) is 5.75 Å². The quantitative estimate of drug-likeness (QED) is 0.523. The van der Waals surface area contributed by atoms with Gasteiger partial charge in [-0.25, -0.2) is 4.79 Å². The van der Waals surface area contributed by atoms with Crippen molar-refractivity contribution in [1.82, 2.24) is 5.32 Å². The van der Waals surface area contributed by atoms with Crippen molar-refractivity contribution >= 4 is 45.5 Å². The van der Waals surface area contributed by atoms with Crippen LogP contribution in [-0.4, -0.2) is 30.7 Å². The number of thiophene rings is 1. The molecule has 0 saturated carbocycles. The van der Waals surface area contributed by atoms with E-state index in [4.69, 9.17) is 21.7 Å². The molecule has 0 spiro atoms. The second-order valence-electron chi connectivity index (χ2n) is 6.69. The summed E-state index contributed by atoms with van der Waals surface area (Å²) in [4.78, 5) is 26.0. The van der Waals surface area contributed by atoms with Crippen molar-refractivity contribution in [2.24, 2.45) is 0 Å². The van der Waals surface area contributed by atoms with E-state index in [0.29, 0.717) is 28.5 Å². The standard InChI is InChI=1S/C21H24N2O4S2/c1-3-11-27-14-8-6-7-13(12-14)18(24)22-21(28)23-19-17(20(25)26-2)15-9-4-5-10-16(15)29-19/h6-8,12H,3-5,9-11H2,1-2H3,(H2,22,23,24,28). The maximum absolute atomic E-state index is 12.6. The number of amides is 1. The number of fused-ring (bicyclic) bond motifs is 1. The second-order valence-corrected chi connectivity index (χ2v) is 8.20. The largest absolute Gasteiger partial charge is 0.494 e. The van der Waals surface area contributed by atoms with E-state index in [0.717, 1.165) is 37.7 Å². The minimum Gasteiger partial charge on any atom is -0.494 e. The van der Waals surface area contributed by atoms with E-state index in [1.54, 1.807) is 18.2 Å². The number of nitrogens with one attached hydrogen (secondary N) is 2. The molecule has 1 aromatic carbocycles. The highest BCUT2D eigenvalue weighted by molar-refractivity contribution is 7.80. The lowest BCUT2D eigenvalue weighted by Gasteiger charge is -2.12.